The number of carbonyl (C=O) groups is 2. The van der Waals surface area contributed by atoms with Crippen LogP contribution in [0.4, 0.5) is 0 Å². The van der Waals surface area contributed by atoms with Gasteiger partial charge in [0, 0.05) is 12.2 Å². The Morgan fingerprint density at radius 2 is 2.03 bits per heavy atom. The molecule has 8 nitrogen and oxygen atoms in total. The number of hydrogen-bond acceptors (Lipinski definition) is 7. The van der Waals surface area contributed by atoms with E-state index in [0.717, 1.165) is 5.56 Å². The minimum Gasteiger partial charge on any atom is -0.454 e. The van der Waals surface area contributed by atoms with Gasteiger partial charge >= 0.3 is 5.97 Å². The SMILES string of the molecule is C[C@H](NC(=O)COC(=O)/C=C/c1nc2ccccc2o1)c1ccc2c(c1)OCO2. The average Bonchev–Trinajstić information content (AvgIpc) is 3.36. The lowest BCUT2D eigenvalue weighted by Gasteiger charge is -2.14. The van der Waals surface area contributed by atoms with Crippen molar-refractivity contribution in [3.05, 3.63) is 60.0 Å². The summed E-state index contributed by atoms with van der Waals surface area (Å²) in [6.07, 6.45) is 2.56. The number of nitrogens with one attached hydrogen (secondary N) is 1. The number of rotatable bonds is 6. The third-order valence-corrected chi connectivity index (χ3v) is 4.29. The maximum atomic E-state index is 12.1. The summed E-state index contributed by atoms with van der Waals surface area (Å²) in [5.41, 5.74) is 2.17. The second kappa shape index (κ2) is 8.05. The van der Waals surface area contributed by atoms with Crippen molar-refractivity contribution in [1.29, 1.82) is 0 Å². The summed E-state index contributed by atoms with van der Waals surface area (Å²) in [4.78, 5) is 28.1. The van der Waals surface area contributed by atoms with E-state index in [1.54, 1.807) is 18.2 Å². The predicted molar refractivity (Wildman–Crippen MR) is 103 cm³/mol. The molecule has 8 heteroatoms. The largest absolute Gasteiger partial charge is 0.454 e. The maximum absolute atomic E-state index is 12.1. The van der Waals surface area contributed by atoms with E-state index in [4.69, 9.17) is 18.6 Å². The summed E-state index contributed by atoms with van der Waals surface area (Å²) < 4.78 is 21.0. The molecule has 1 N–H and O–H groups in total. The highest BCUT2D eigenvalue weighted by molar-refractivity contribution is 5.89. The molecule has 0 aliphatic carbocycles. The highest BCUT2D eigenvalue weighted by Gasteiger charge is 2.17. The zero-order valence-corrected chi connectivity index (χ0v) is 15.6. The van der Waals surface area contributed by atoms with Crippen molar-refractivity contribution in [2.75, 3.05) is 13.4 Å². The maximum Gasteiger partial charge on any atom is 0.331 e. The van der Waals surface area contributed by atoms with Crippen molar-refractivity contribution in [3.8, 4) is 11.5 Å². The molecule has 29 heavy (non-hydrogen) atoms. The number of fused-ring (bicyclic) bond motifs is 2. The van der Waals surface area contributed by atoms with Gasteiger partial charge in [0.2, 0.25) is 12.7 Å². The number of amides is 1. The van der Waals surface area contributed by atoms with Crippen LogP contribution >= 0.6 is 0 Å². The molecule has 0 fully saturated rings. The highest BCUT2D eigenvalue weighted by atomic mass is 16.7. The van der Waals surface area contributed by atoms with E-state index < -0.39 is 18.5 Å². The first-order valence-corrected chi connectivity index (χ1v) is 8.98. The molecule has 1 aliphatic rings. The number of ether oxygens (including phenoxy) is 3. The number of benzene rings is 2. The Balaban J connectivity index is 1.27. The fourth-order valence-corrected chi connectivity index (χ4v) is 2.83. The molecule has 1 aliphatic heterocycles. The van der Waals surface area contributed by atoms with E-state index in [1.807, 2.05) is 31.2 Å². The fraction of sp³-hybridized carbons (Fsp3) is 0.190. The van der Waals surface area contributed by atoms with Gasteiger partial charge in [0.15, 0.2) is 23.7 Å². The molecule has 2 heterocycles. The zero-order valence-electron chi connectivity index (χ0n) is 15.6. The monoisotopic (exact) mass is 394 g/mol. The molecule has 0 saturated heterocycles. The number of carbonyl (C=O) groups excluding carboxylic acids is 2. The molecule has 1 aromatic heterocycles. The smallest absolute Gasteiger partial charge is 0.331 e. The Hall–Kier alpha value is -3.81. The van der Waals surface area contributed by atoms with E-state index in [0.29, 0.717) is 22.6 Å². The number of esters is 1. The predicted octanol–water partition coefficient (Wildman–Crippen LogP) is 2.99. The quantitative estimate of drug-likeness (QED) is 0.507. The lowest BCUT2D eigenvalue weighted by molar-refractivity contribution is -0.144. The van der Waals surface area contributed by atoms with Crippen LogP contribution in [-0.2, 0) is 14.3 Å². The first kappa shape index (κ1) is 18.5. The fourth-order valence-electron chi connectivity index (χ4n) is 2.83. The molecule has 0 saturated carbocycles. The van der Waals surface area contributed by atoms with Crippen molar-refractivity contribution in [3.63, 3.8) is 0 Å². The topological polar surface area (TPSA) is 99.9 Å². The second-order valence-corrected chi connectivity index (χ2v) is 6.36. The third-order valence-electron chi connectivity index (χ3n) is 4.29. The number of nitrogens with zero attached hydrogens (tertiary/aromatic N) is 1. The molecule has 3 aromatic rings. The summed E-state index contributed by atoms with van der Waals surface area (Å²) >= 11 is 0. The molecule has 0 spiro atoms. The van der Waals surface area contributed by atoms with E-state index in [1.165, 1.54) is 12.2 Å². The number of hydrogen-bond donors (Lipinski definition) is 1. The average molecular weight is 394 g/mol. The van der Waals surface area contributed by atoms with E-state index in [-0.39, 0.29) is 18.7 Å². The zero-order chi connectivity index (χ0) is 20.2. The van der Waals surface area contributed by atoms with Crippen LogP contribution in [0.2, 0.25) is 0 Å². The molecule has 4 rings (SSSR count). The van der Waals surface area contributed by atoms with Crippen LogP contribution in [0.15, 0.2) is 53.0 Å². The Morgan fingerprint density at radius 1 is 1.21 bits per heavy atom. The highest BCUT2D eigenvalue weighted by Crippen LogP contribution is 2.34. The van der Waals surface area contributed by atoms with Gasteiger partial charge < -0.3 is 23.9 Å². The number of oxazole rings is 1. The molecule has 1 atom stereocenters. The molecule has 2 aromatic carbocycles. The van der Waals surface area contributed by atoms with Gasteiger partial charge in [0.05, 0.1) is 6.04 Å². The van der Waals surface area contributed by atoms with Gasteiger partial charge in [-0.25, -0.2) is 9.78 Å². The Labute approximate surface area is 166 Å². The Morgan fingerprint density at radius 3 is 2.90 bits per heavy atom. The Kier molecular flexibility index (Phi) is 5.15. The lowest BCUT2D eigenvalue weighted by atomic mass is 10.1. The molecule has 0 radical (unpaired) electrons. The van der Waals surface area contributed by atoms with Gasteiger partial charge in [-0.3, -0.25) is 4.79 Å². The van der Waals surface area contributed by atoms with Crippen LogP contribution in [0, 0.1) is 0 Å². The molecular formula is C21H18N2O6. The summed E-state index contributed by atoms with van der Waals surface area (Å²) in [6, 6.07) is 12.4. The van der Waals surface area contributed by atoms with Crippen molar-refractivity contribution >= 4 is 29.1 Å². The van der Waals surface area contributed by atoms with E-state index in [2.05, 4.69) is 10.3 Å². The molecule has 0 unspecified atom stereocenters. The van der Waals surface area contributed by atoms with Crippen molar-refractivity contribution in [2.24, 2.45) is 0 Å². The normalized spacial score (nSPS) is 13.6. The van der Waals surface area contributed by atoms with Crippen molar-refractivity contribution < 1.29 is 28.2 Å². The molecule has 148 valence electrons. The summed E-state index contributed by atoms with van der Waals surface area (Å²) in [6.45, 7) is 1.61. The second-order valence-electron chi connectivity index (χ2n) is 6.36. The minimum atomic E-state index is -0.668. The lowest BCUT2D eigenvalue weighted by Crippen LogP contribution is -2.30. The minimum absolute atomic E-state index is 0.187. The van der Waals surface area contributed by atoms with Crippen LogP contribution < -0.4 is 14.8 Å². The number of para-hydroxylation sites is 2. The standard InChI is InChI=1S/C21H18N2O6/c1-13(14-6-7-17-18(10-14)28-12-27-17)22-19(24)11-26-21(25)9-8-20-23-15-4-2-3-5-16(15)29-20/h2-10,13H,11-12H2,1H3,(H,22,24)/b9-8+/t13-/m0/s1. The Bertz CT molecular complexity index is 1050. The van der Waals surface area contributed by atoms with Crippen molar-refractivity contribution in [2.45, 2.75) is 13.0 Å². The van der Waals surface area contributed by atoms with Crippen LogP contribution in [-0.4, -0.2) is 30.3 Å². The van der Waals surface area contributed by atoms with Crippen LogP contribution in [0.5, 0.6) is 11.5 Å². The van der Waals surface area contributed by atoms with Crippen molar-refractivity contribution in [1.82, 2.24) is 10.3 Å². The summed E-state index contributed by atoms with van der Waals surface area (Å²) in [5.74, 6) is 0.507. The van der Waals surface area contributed by atoms with Gasteiger partial charge in [0.1, 0.15) is 5.52 Å². The summed E-state index contributed by atoms with van der Waals surface area (Å²) in [5, 5.41) is 2.77. The van der Waals surface area contributed by atoms with Gasteiger partial charge in [0.25, 0.3) is 5.91 Å². The van der Waals surface area contributed by atoms with Crippen LogP contribution in [0.25, 0.3) is 17.2 Å². The van der Waals surface area contributed by atoms with Gasteiger partial charge in [-0.2, -0.15) is 0 Å². The first-order valence-electron chi connectivity index (χ1n) is 8.98. The van der Waals surface area contributed by atoms with Crippen LogP contribution in [0.3, 0.4) is 0 Å². The third kappa shape index (κ3) is 4.37. The molecule has 0 bridgehead atoms. The van der Waals surface area contributed by atoms with Gasteiger partial charge in [-0.1, -0.05) is 18.2 Å². The first-order chi connectivity index (χ1) is 14.1. The van der Waals surface area contributed by atoms with E-state index in [9.17, 15) is 9.59 Å². The molecule has 1 amide bonds. The van der Waals surface area contributed by atoms with Gasteiger partial charge in [-0.15, -0.1) is 0 Å². The molecular weight excluding hydrogens is 376 g/mol. The summed E-state index contributed by atoms with van der Waals surface area (Å²) in [7, 11) is 0. The van der Waals surface area contributed by atoms with Gasteiger partial charge in [-0.05, 0) is 36.8 Å². The van der Waals surface area contributed by atoms with E-state index >= 15 is 0 Å². The number of aromatic nitrogens is 1. The van der Waals surface area contributed by atoms with Crippen LogP contribution in [0.1, 0.15) is 24.4 Å².